The number of rotatable bonds is 4. The van der Waals surface area contributed by atoms with Crippen molar-refractivity contribution < 1.29 is 14.5 Å². The highest BCUT2D eigenvalue weighted by Crippen LogP contribution is 2.12. The lowest BCUT2D eigenvalue weighted by molar-refractivity contribution is -0.902. The van der Waals surface area contributed by atoms with Gasteiger partial charge < -0.3 is 15.1 Å². The fourth-order valence-corrected chi connectivity index (χ4v) is 2.51. The third-order valence-corrected chi connectivity index (χ3v) is 3.99. The molecular formula is C16H24N3O2+. The molecule has 0 unspecified atom stereocenters. The molecule has 1 fully saturated rings. The van der Waals surface area contributed by atoms with Gasteiger partial charge in [-0.3, -0.25) is 9.59 Å². The Morgan fingerprint density at radius 1 is 1.14 bits per heavy atom. The number of nitrogens with one attached hydrogen (secondary N) is 2. The van der Waals surface area contributed by atoms with Crippen molar-refractivity contribution in [2.75, 3.05) is 38.0 Å². The van der Waals surface area contributed by atoms with Crippen molar-refractivity contribution in [2.45, 2.75) is 20.3 Å². The molecule has 2 amide bonds. The summed E-state index contributed by atoms with van der Waals surface area (Å²) in [7, 11) is 0. The quantitative estimate of drug-likeness (QED) is 0.843. The van der Waals surface area contributed by atoms with E-state index in [1.165, 1.54) is 0 Å². The number of carbonyl (C=O) groups is 2. The van der Waals surface area contributed by atoms with Gasteiger partial charge in [-0.15, -0.1) is 0 Å². The van der Waals surface area contributed by atoms with Crippen LogP contribution in [0.2, 0.25) is 0 Å². The topological polar surface area (TPSA) is 53.9 Å². The van der Waals surface area contributed by atoms with Crippen molar-refractivity contribution in [2.24, 2.45) is 0 Å². The minimum atomic E-state index is -0.0206. The Hall–Kier alpha value is -1.88. The third-order valence-electron chi connectivity index (χ3n) is 3.99. The van der Waals surface area contributed by atoms with Crippen LogP contribution in [0.3, 0.4) is 0 Å². The maximum atomic E-state index is 12.4. The highest BCUT2D eigenvalue weighted by molar-refractivity contribution is 5.95. The molecule has 2 rings (SSSR count). The van der Waals surface area contributed by atoms with E-state index in [0.29, 0.717) is 12.0 Å². The molecule has 5 nitrogen and oxygen atoms in total. The minimum Gasteiger partial charge on any atom is -0.332 e. The summed E-state index contributed by atoms with van der Waals surface area (Å²) in [5.74, 6) is 0.0614. The van der Waals surface area contributed by atoms with Gasteiger partial charge in [0.15, 0.2) is 0 Å². The second-order valence-electron chi connectivity index (χ2n) is 5.37. The minimum absolute atomic E-state index is 0.0206. The van der Waals surface area contributed by atoms with Crippen molar-refractivity contribution in [3.05, 3.63) is 29.8 Å². The Bertz CT molecular complexity index is 491. The van der Waals surface area contributed by atoms with Crippen LogP contribution in [0.4, 0.5) is 5.69 Å². The predicted molar refractivity (Wildman–Crippen MR) is 82.5 cm³/mol. The highest BCUT2D eigenvalue weighted by atomic mass is 16.2. The number of carbonyl (C=O) groups excluding carboxylic acids is 2. The van der Waals surface area contributed by atoms with Crippen LogP contribution in [-0.4, -0.2) is 49.4 Å². The van der Waals surface area contributed by atoms with Crippen LogP contribution in [0.25, 0.3) is 0 Å². The Labute approximate surface area is 125 Å². The van der Waals surface area contributed by atoms with Crippen LogP contribution in [0.1, 0.15) is 30.6 Å². The lowest BCUT2D eigenvalue weighted by Crippen LogP contribution is -3.14. The van der Waals surface area contributed by atoms with Gasteiger partial charge in [-0.1, -0.05) is 6.92 Å². The SMILES string of the molecule is CCC(=O)Nc1ccc(C(=O)N2CC[NH+](CC)CC2)cc1. The van der Waals surface area contributed by atoms with Crippen LogP contribution >= 0.6 is 0 Å². The summed E-state index contributed by atoms with van der Waals surface area (Å²) in [6, 6.07) is 7.14. The molecule has 2 N–H and O–H groups in total. The van der Waals surface area contributed by atoms with Gasteiger partial charge in [0, 0.05) is 17.7 Å². The van der Waals surface area contributed by atoms with E-state index in [-0.39, 0.29) is 11.8 Å². The number of hydrogen-bond acceptors (Lipinski definition) is 2. The van der Waals surface area contributed by atoms with Crippen molar-refractivity contribution in [3.8, 4) is 0 Å². The molecule has 0 radical (unpaired) electrons. The summed E-state index contributed by atoms with van der Waals surface area (Å²) in [4.78, 5) is 27.2. The Balaban J connectivity index is 1.95. The molecule has 1 saturated heterocycles. The van der Waals surface area contributed by atoms with Gasteiger partial charge >= 0.3 is 0 Å². The highest BCUT2D eigenvalue weighted by Gasteiger charge is 2.23. The van der Waals surface area contributed by atoms with Crippen LogP contribution in [0, 0.1) is 0 Å². The lowest BCUT2D eigenvalue weighted by atomic mass is 10.1. The largest absolute Gasteiger partial charge is 0.332 e. The van der Waals surface area contributed by atoms with Gasteiger partial charge in [0.05, 0.1) is 32.7 Å². The molecular weight excluding hydrogens is 266 g/mol. The standard InChI is InChI=1S/C16H23N3O2/c1-3-15(20)17-14-7-5-13(6-8-14)16(21)19-11-9-18(4-2)10-12-19/h5-8H,3-4,9-12H2,1-2H3,(H,17,20)/p+1. The zero-order valence-electron chi connectivity index (χ0n) is 12.8. The van der Waals surface area contributed by atoms with Gasteiger partial charge in [0.2, 0.25) is 5.91 Å². The number of amides is 2. The maximum absolute atomic E-state index is 12.4. The zero-order valence-corrected chi connectivity index (χ0v) is 12.8. The maximum Gasteiger partial charge on any atom is 0.254 e. The molecule has 0 bridgehead atoms. The summed E-state index contributed by atoms with van der Waals surface area (Å²) in [5, 5.41) is 2.78. The van der Waals surface area contributed by atoms with E-state index < -0.39 is 0 Å². The average Bonchev–Trinajstić information content (AvgIpc) is 2.55. The predicted octanol–water partition coefficient (Wildman–Crippen LogP) is 0.396. The zero-order chi connectivity index (χ0) is 15.2. The van der Waals surface area contributed by atoms with E-state index in [2.05, 4.69) is 12.2 Å². The van der Waals surface area contributed by atoms with Gasteiger partial charge in [0.25, 0.3) is 5.91 Å². The number of hydrogen-bond donors (Lipinski definition) is 2. The molecule has 114 valence electrons. The number of piperazine rings is 1. The molecule has 1 aliphatic heterocycles. The smallest absolute Gasteiger partial charge is 0.254 e. The van der Waals surface area contributed by atoms with Crippen LogP contribution < -0.4 is 10.2 Å². The first-order valence-corrected chi connectivity index (χ1v) is 7.66. The first kappa shape index (κ1) is 15.5. The van der Waals surface area contributed by atoms with E-state index in [0.717, 1.165) is 38.4 Å². The number of anilines is 1. The molecule has 0 atom stereocenters. The molecule has 21 heavy (non-hydrogen) atoms. The van der Waals surface area contributed by atoms with Gasteiger partial charge in [-0.25, -0.2) is 0 Å². The second kappa shape index (κ2) is 7.22. The van der Waals surface area contributed by atoms with Crippen molar-refractivity contribution in [3.63, 3.8) is 0 Å². The summed E-state index contributed by atoms with van der Waals surface area (Å²) in [5.41, 5.74) is 1.42. The van der Waals surface area contributed by atoms with Crippen LogP contribution in [0.5, 0.6) is 0 Å². The fourth-order valence-electron chi connectivity index (χ4n) is 2.51. The number of nitrogens with zero attached hydrogens (tertiary/aromatic N) is 1. The normalized spacial score (nSPS) is 15.8. The Morgan fingerprint density at radius 2 is 1.76 bits per heavy atom. The monoisotopic (exact) mass is 290 g/mol. The summed E-state index contributed by atoms with van der Waals surface area (Å²) in [6.07, 6.45) is 0.449. The number of quaternary nitrogens is 1. The number of benzene rings is 1. The summed E-state index contributed by atoms with van der Waals surface area (Å²) in [6.45, 7) is 8.78. The van der Waals surface area contributed by atoms with E-state index >= 15 is 0 Å². The van der Waals surface area contributed by atoms with Gasteiger partial charge in [-0.2, -0.15) is 0 Å². The molecule has 5 heteroatoms. The molecule has 1 aromatic carbocycles. The van der Waals surface area contributed by atoms with E-state index in [1.807, 2.05) is 11.8 Å². The first-order valence-electron chi connectivity index (χ1n) is 7.66. The van der Waals surface area contributed by atoms with E-state index in [9.17, 15) is 9.59 Å². The molecule has 0 saturated carbocycles. The second-order valence-corrected chi connectivity index (χ2v) is 5.37. The van der Waals surface area contributed by atoms with Crippen molar-refractivity contribution >= 4 is 17.5 Å². The average molecular weight is 290 g/mol. The summed E-state index contributed by atoms with van der Waals surface area (Å²) >= 11 is 0. The lowest BCUT2D eigenvalue weighted by Gasteiger charge is -2.31. The van der Waals surface area contributed by atoms with Gasteiger partial charge in [0.1, 0.15) is 0 Å². The molecule has 0 spiro atoms. The Morgan fingerprint density at radius 3 is 2.29 bits per heavy atom. The molecule has 0 aliphatic carbocycles. The number of likely N-dealkylation sites (N-methyl/N-ethyl adjacent to an activating group) is 1. The summed E-state index contributed by atoms with van der Waals surface area (Å²) < 4.78 is 0. The molecule has 1 aromatic rings. The van der Waals surface area contributed by atoms with E-state index in [1.54, 1.807) is 29.2 Å². The molecule has 1 heterocycles. The fraction of sp³-hybridized carbons (Fsp3) is 0.500. The van der Waals surface area contributed by atoms with Crippen molar-refractivity contribution in [1.82, 2.24) is 4.90 Å². The van der Waals surface area contributed by atoms with Crippen molar-refractivity contribution in [1.29, 1.82) is 0 Å². The first-order chi connectivity index (χ1) is 10.1. The van der Waals surface area contributed by atoms with Crippen LogP contribution in [-0.2, 0) is 4.79 Å². The Kier molecular flexibility index (Phi) is 5.33. The molecule has 1 aliphatic rings. The third kappa shape index (κ3) is 4.04. The van der Waals surface area contributed by atoms with Gasteiger partial charge in [-0.05, 0) is 31.2 Å². The molecule has 0 aromatic heterocycles. The van der Waals surface area contributed by atoms with Crippen LogP contribution in [0.15, 0.2) is 24.3 Å². The van der Waals surface area contributed by atoms with E-state index in [4.69, 9.17) is 0 Å².